The fourth-order valence-electron chi connectivity index (χ4n) is 2.06. The van der Waals surface area contributed by atoms with E-state index in [-0.39, 0.29) is 11.6 Å². The number of nitrogens with two attached hydrogens (primary N) is 1. The molecule has 1 aromatic rings. The Bertz CT molecular complexity index is 405. The van der Waals surface area contributed by atoms with Gasteiger partial charge in [-0.05, 0) is 50.8 Å². The maximum atomic E-state index is 5.67. The summed E-state index contributed by atoms with van der Waals surface area (Å²) in [5.41, 5.74) is 5.05. The molecule has 0 fully saturated rings. The van der Waals surface area contributed by atoms with Gasteiger partial charge in [-0.15, -0.1) is 0 Å². The largest absolute Gasteiger partial charge is 0.496 e. The number of methoxy groups -OCH3 is 2. The summed E-state index contributed by atoms with van der Waals surface area (Å²) >= 11 is 0. The third kappa shape index (κ3) is 4.49. The topological polar surface area (TPSA) is 56.5 Å². The van der Waals surface area contributed by atoms with Gasteiger partial charge in [0.25, 0.3) is 0 Å². The highest BCUT2D eigenvalue weighted by atomic mass is 16.5. The number of hydrogen-bond acceptors (Lipinski definition) is 4. The molecule has 1 rings (SSSR count). The van der Waals surface area contributed by atoms with E-state index in [9.17, 15) is 0 Å². The van der Waals surface area contributed by atoms with Crippen LogP contribution in [0.3, 0.4) is 0 Å². The van der Waals surface area contributed by atoms with E-state index in [2.05, 4.69) is 31.4 Å². The Labute approximate surface area is 116 Å². The van der Waals surface area contributed by atoms with Crippen LogP contribution in [-0.4, -0.2) is 19.8 Å². The van der Waals surface area contributed by atoms with Crippen molar-refractivity contribution in [3.05, 3.63) is 29.3 Å². The summed E-state index contributed by atoms with van der Waals surface area (Å²) in [7, 11) is 3.42. The lowest BCUT2D eigenvalue weighted by atomic mass is 9.94. The normalized spacial score (nSPS) is 13.4. The molecule has 0 radical (unpaired) electrons. The number of hydrogen-bond donors (Lipinski definition) is 2. The van der Waals surface area contributed by atoms with Gasteiger partial charge in [-0.3, -0.25) is 11.3 Å². The summed E-state index contributed by atoms with van der Waals surface area (Å²) in [4.78, 5) is 0. The van der Waals surface area contributed by atoms with Crippen molar-refractivity contribution < 1.29 is 9.47 Å². The standard InChI is InChI=1S/C15H26N2O2/c1-11-10-12(6-7-14(11)18-4)13(17-16)8-9-15(2,3)19-5/h6-7,10,13,17H,8-9,16H2,1-5H3. The van der Waals surface area contributed by atoms with E-state index >= 15 is 0 Å². The van der Waals surface area contributed by atoms with Crippen LogP contribution < -0.4 is 16.0 Å². The van der Waals surface area contributed by atoms with Crippen molar-refractivity contribution >= 4 is 0 Å². The predicted molar refractivity (Wildman–Crippen MR) is 78.1 cm³/mol. The molecule has 1 aromatic carbocycles. The minimum atomic E-state index is -0.128. The predicted octanol–water partition coefficient (Wildman–Crippen LogP) is 2.71. The van der Waals surface area contributed by atoms with Crippen molar-refractivity contribution in [2.45, 2.75) is 45.3 Å². The zero-order chi connectivity index (χ0) is 14.5. The molecule has 0 saturated heterocycles. The zero-order valence-electron chi connectivity index (χ0n) is 12.6. The third-order valence-electron chi connectivity index (χ3n) is 3.61. The number of nitrogens with one attached hydrogen (secondary N) is 1. The van der Waals surface area contributed by atoms with Crippen LogP contribution in [0.25, 0.3) is 0 Å². The number of rotatable bonds is 7. The second kappa shape index (κ2) is 6.89. The Morgan fingerprint density at radius 1 is 1.32 bits per heavy atom. The van der Waals surface area contributed by atoms with Gasteiger partial charge in [0.2, 0.25) is 0 Å². The van der Waals surface area contributed by atoms with Crippen molar-refractivity contribution in [2.24, 2.45) is 5.84 Å². The molecule has 4 heteroatoms. The van der Waals surface area contributed by atoms with Crippen molar-refractivity contribution in [2.75, 3.05) is 14.2 Å². The molecule has 3 N–H and O–H groups in total. The highest BCUT2D eigenvalue weighted by Gasteiger charge is 2.20. The maximum absolute atomic E-state index is 5.67. The Balaban J connectivity index is 2.77. The average Bonchev–Trinajstić information content (AvgIpc) is 2.39. The quantitative estimate of drug-likeness (QED) is 0.588. The van der Waals surface area contributed by atoms with Gasteiger partial charge >= 0.3 is 0 Å². The first-order valence-electron chi connectivity index (χ1n) is 6.59. The lowest BCUT2D eigenvalue weighted by Gasteiger charge is -2.26. The second-order valence-corrected chi connectivity index (χ2v) is 5.45. The smallest absolute Gasteiger partial charge is 0.121 e. The van der Waals surface area contributed by atoms with Crippen molar-refractivity contribution in [3.8, 4) is 5.75 Å². The van der Waals surface area contributed by atoms with Crippen LogP contribution in [0.15, 0.2) is 18.2 Å². The molecule has 4 nitrogen and oxygen atoms in total. The van der Waals surface area contributed by atoms with Crippen LogP contribution in [0.4, 0.5) is 0 Å². The number of benzene rings is 1. The molecule has 19 heavy (non-hydrogen) atoms. The van der Waals surface area contributed by atoms with Gasteiger partial charge in [0, 0.05) is 13.2 Å². The molecule has 0 saturated carbocycles. The van der Waals surface area contributed by atoms with Crippen LogP contribution in [-0.2, 0) is 4.74 Å². The highest BCUT2D eigenvalue weighted by Crippen LogP contribution is 2.27. The van der Waals surface area contributed by atoms with Crippen LogP contribution in [0.2, 0.25) is 0 Å². The van der Waals surface area contributed by atoms with Gasteiger partial charge in [-0.1, -0.05) is 12.1 Å². The minimum Gasteiger partial charge on any atom is -0.496 e. The van der Waals surface area contributed by atoms with Gasteiger partial charge in [-0.2, -0.15) is 0 Å². The summed E-state index contributed by atoms with van der Waals surface area (Å²) in [5, 5.41) is 0. The molecular formula is C15H26N2O2. The van der Waals surface area contributed by atoms with E-state index in [1.165, 1.54) is 5.56 Å². The Kier molecular flexibility index (Phi) is 5.79. The molecule has 0 aliphatic rings. The molecule has 0 aliphatic heterocycles. The second-order valence-electron chi connectivity index (χ2n) is 5.45. The zero-order valence-corrected chi connectivity index (χ0v) is 12.6. The summed E-state index contributed by atoms with van der Waals surface area (Å²) in [6.07, 6.45) is 1.85. The first kappa shape index (κ1) is 16.0. The Hall–Kier alpha value is -1.10. The van der Waals surface area contributed by atoms with Gasteiger partial charge < -0.3 is 9.47 Å². The Morgan fingerprint density at radius 3 is 2.47 bits per heavy atom. The van der Waals surface area contributed by atoms with Crippen molar-refractivity contribution in [1.82, 2.24) is 5.43 Å². The van der Waals surface area contributed by atoms with Gasteiger partial charge in [-0.25, -0.2) is 0 Å². The lowest BCUT2D eigenvalue weighted by molar-refractivity contribution is 0.0117. The fraction of sp³-hybridized carbons (Fsp3) is 0.600. The van der Waals surface area contributed by atoms with Gasteiger partial charge in [0.05, 0.1) is 12.7 Å². The monoisotopic (exact) mass is 266 g/mol. The van der Waals surface area contributed by atoms with E-state index in [0.717, 1.165) is 24.2 Å². The van der Waals surface area contributed by atoms with Crippen LogP contribution in [0.1, 0.15) is 43.9 Å². The molecular weight excluding hydrogens is 240 g/mol. The van der Waals surface area contributed by atoms with E-state index in [0.29, 0.717) is 0 Å². The van der Waals surface area contributed by atoms with Crippen molar-refractivity contribution in [1.29, 1.82) is 0 Å². The van der Waals surface area contributed by atoms with Gasteiger partial charge in [0.1, 0.15) is 5.75 Å². The summed E-state index contributed by atoms with van der Waals surface area (Å²) in [6.45, 7) is 6.20. The number of aryl methyl sites for hydroxylation is 1. The average molecular weight is 266 g/mol. The molecule has 0 aromatic heterocycles. The van der Waals surface area contributed by atoms with Crippen LogP contribution >= 0.6 is 0 Å². The Morgan fingerprint density at radius 2 is 2.00 bits per heavy atom. The van der Waals surface area contributed by atoms with Crippen LogP contribution in [0.5, 0.6) is 5.75 Å². The molecule has 0 heterocycles. The van der Waals surface area contributed by atoms with Gasteiger partial charge in [0.15, 0.2) is 0 Å². The minimum absolute atomic E-state index is 0.124. The summed E-state index contributed by atoms with van der Waals surface area (Å²) in [5.74, 6) is 6.57. The highest BCUT2D eigenvalue weighted by molar-refractivity contribution is 5.37. The number of ether oxygens (including phenoxy) is 2. The number of hydrazine groups is 1. The molecule has 108 valence electrons. The van der Waals surface area contributed by atoms with Crippen LogP contribution in [0, 0.1) is 6.92 Å². The first-order chi connectivity index (χ1) is 8.93. The summed E-state index contributed by atoms with van der Waals surface area (Å²) in [6, 6.07) is 6.27. The van der Waals surface area contributed by atoms with Crippen molar-refractivity contribution in [3.63, 3.8) is 0 Å². The molecule has 1 atom stereocenters. The third-order valence-corrected chi connectivity index (χ3v) is 3.61. The molecule has 0 bridgehead atoms. The molecule has 0 amide bonds. The molecule has 0 aliphatic carbocycles. The van der Waals surface area contributed by atoms with E-state index in [4.69, 9.17) is 15.3 Å². The fourth-order valence-corrected chi connectivity index (χ4v) is 2.06. The maximum Gasteiger partial charge on any atom is 0.121 e. The molecule has 1 unspecified atom stereocenters. The van der Waals surface area contributed by atoms with E-state index in [1.807, 2.05) is 13.0 Å². The summed E-state index contributed by atoms with van der Waals surface area (Å²) < 4.78 is 10.7. The molecule has 0 spiro atoms. The lowest BCUT2D eigenvalue weighted by Crippen LogP contribution is -2.31. The van der Waals surface area contributed by atoms with E-state index in [1.54, 1.807) is 14.2 Å². The van der Waals surface area contributed by atoms with E-state index < -0.39 is 0 Å². The SMILES string of the molecule is COc1ccc(C(CCC(C)(C)OC)NN)cc1C. The first-order valence-corrected chi connectivity index (χ1v) is 6.59.